The van der Waals surface area contributed by atoms with Gasteiger partial charge in [0.1, 0.15) is 5.82 Å². The Bertz CT molecular complexity index is 942. The third-order valence-electron chi connectivity index (χ3n) is 4.75. The van der Waals surface area contributed by atoms with Crippen molar-refractivity contribution in [2.24, 2.45) is 0 Å². The first-order valence-electron chi connectivity index (χ1n) is 9.95. The Hall–Kier alpha value is -2.35. The number of H-pyrrole nitrogens is 1. The van der Waals surface area contributed by atoms with Crippen molar-refractivity contribution in [1.29, 1.82) is 0 Å². The Kier molecular flexibility index (Phi) is 7.62. The first-order chi connectivity index (χ1) is 13.4. The van der Waals surface area contributed by atoms with Crippen LogP contribution in [-0.2, 0) is 19.4 Å². The molecule has 0 radical (unpaired) electrons. The number of hydrogen-bond donors (Lipinski definition) is 2. The molecule has 154 valence electrons. The van der Waals surface area contributed by atoms with Crippen LogP contribution in [0.15, 0.2) is 15.7 Å². The van der Waals surface area contributed by atoms with Crippen LogP contribution in [0.25, 0.3) is 0 Å². The van der Waals surface area contributed by atoms with Crippen LogP contribution in [0, 0.1) is 0 Å². The standard InChI is InChI=1S/C20H30N4O3S/c1-5-9-11-24-17(21)16(18(25)22-20(24)27)23(8-4)19(26)15-12-13(7-3)14(28-15)10-6-2/h12H,5-11,21H2,1-4H3,(H,22,25,27). The van der Waals surface area contributed by atoms with Crippen LogP contribution < -0.4 is 21.9 Å². The molecule has 0 atom stereocenters. The van der Waals surface area contributed by atoms with Crippen LogP contribution in [0.3, 0.4) is 0 Å². The van der Waals surface area contributed by atoms with E-state index in [-0.39, 0.29) is 24.0 Å². The number of nitrogens with two attached hydrogens (primary N) is 1. The lowest BCUT2D eigenvalue weighted by molar-refractivity contribution is 0.0991. The molecule has 0 fully saturated rings. The van der Waals surface area contributed by atoms with E-state index in [2.05, 4.69) is 18.8 Å². The fraction of sp³-hybridized carbons (Fsp3) is 0.550. The van der Waals surface area contributed by atoms with Gasteiger partial charge in [0.05, 0.1) is 4.88 Å². The smallest absolute Gasteiger partial charge is 0.330 e. The molecule has 2 rings (SSSR count). The van der Waals surface area contributed by atoms with Gasteiger partial charge in [0.15, 0.2) is 5.69 Å². The van der Waals surface area contributed by atoms with Crippen molar-refractivity contribution in [2.45, 2.75) is 66.3 Å². The van der Waals surface area contributed by atoms with E-state index in [0.717, 1.165) is 32.1 Å². The van der Waals surface area contributed by atoms with Gasteiger partial charge in [-0.15, -0.1) is 11.3 Å². The molecule has 2 heterocycles. The molecule has 0 aliphatic rings. The minimum absolute atomic E-state index is 0.0402. The zero-order valence-electron chi connectivity index (χ0n) is 17.1. The van der Waals surface area contributed by atoms with Gasteiger partial charge in [0, 0.05) is 18.0 Å². The van der Waals surface area contributed by atoms with Crippen LogP contribution in [0.2, 0.25) is 0 Å². The lowest BCUT2D eigenvalue weighted by Gasteiger charge is -2.22. The van der Waals surface area contributed by atoms with Crippen LogP contribution >= 0.6 is 11.3 Å². The maximum atomic E-state index is 13.2. The van der Waals surface area contributed by atoms with E-state index in [9.17, 15) is 14.4 Å². The molecule has 0 unspecified atom stereocenters. The number of nitrogens with one attached hydrogen (secondary N) is 1. The average Bonchev–Trinajstić information content (AvgIpc) is 3.07. The Morgan fingerprint density at radius 2 is 1.93 bits per heavy atom. The van der Waals surface area contributed by atoms with Gasteiger partial charge in [-0.3, -0.25) is 19.1 Å². The third-order valence-corrected chi connectivity index (χ3v) is 5.97. The summed E-state index contributed by atoms with van der Waals surface area (Å²) in [4.78, 5) is 43.4. The number of aryl methyl sites for hydroxylation is 2. The highest BCUT2D eigenvalue weighted by Gasteiger charge is 2.25. The number of carbonyl (C=O) groups is 1. The molecule has 0 aromatic carbocycles. The van der Waals surface area contributed by atoms with Gasteiger partial charge in [0.25, 0.3) is 11.5 Å². The largest absolute Gasteiger partial charge is 0.383 e. The molecule has 0 saturated heterocycles. The number of unbranched alkanes of at least 4 members (excludes halogenated alkanes) is 1. The van der Waals surface area contributed by atoms with Gasteiger partial charge in [0.2, 0.25) is 0 Å². The summed E-state index contributed by atoms with van der Waals surface area (Å²) >= 11 is 1.48. The van der Waals surface area contributed by atoms with E-state index in [1.165, 1.54) is 31.2 Å². The van der Waals surface area contributed by atoms with Gasteiger partial charge < -0.3 is 10.6 Å². The van der Waals surface area contributed by atoms with E-state index < -0.39 is 11.2 Å². The summed E-state index contributed by atoms with van der Waals surface area (Å²) in [6, 6.07) is 1.91. The van der Waals surface area contributed by atoms with Crippen molar-refractivity contribution in [3.05, 3.63) is 42.2 Å². The fourth-order valence-electron chi connectivity index (χ4n) is 3.22. The van der Waals surface area contributed by atoms with Gasteiger partial charge in [-0.05, 0) is 37.8 Å². The van der Waals surface area contributed by atoms with Crippen LogP contribution in [-0.4, -0.2) is 22.0 Å². The minimum atomic E-state index is -0.633. The lowest BCUT2D eigenvalue weighted by atomic mass is 10.1. The molecule has 7 nitrogen and oxygen atoms in total. The van der Waals surface area contributed by atoms with Crippen molar-refractivity contribution < 1.29 is 4.79 Å². The number of aromatic amines is 1. The summed E-state index contributed by atoms with van der Waals surface area (Å²) in [6.45, 7) is 8.65. The molecule has 0 bridgehead atoms. The number of carbonyl (C=O) groups excluding carboxylic acids is 1. The van der Waals surface area contributed by atoms with E-state index >= 15 is 0 Å². The fourth-order valence-corrected chi connectivity index (χ4v) is 4.53. The summed E-state index contributed by atoms with van der Waals surface area (Å²) in [5, 5.41) is 0. The first kappa shape index (κ1) is 21.9. The van der Waals surface area contributed by atoms with Gasteiger partial charge >= 0.3 is 5.69 Å². The quantitative estimate of drug-likeness (QED) is 0.668. The SMILES string of the molecule is CCCCn1c(N)c(N(CC)C(=O)c2cc(CC)c(CCC)s2)c(=O)[nH]c1=O. The number of rotatable bonds is 9. The zero-order chi connectivity index (χ0) is 20.8. The van der Waals surface area contributed by atoms with Crippen molar-refractivity contribution in [2.75, 3.05) is 17.2 Å². The summed E-state index contributed by atoms with van der Waals surface area (Å²) in [7, 11) is 0. The van der Waals surface area contributed by atoms with Crippen LogP contribution in [0.4, 0.5) is 11.5 Å². The highest BCUT2D eigenvalue weighted by molar-refractivity contribution is 7.14. The number of thiophene rings is 1. The second kappa shape index (κ2) is 9.73. The van der Waals surface area contributed by atoms with Crippen molar-refractivity contribution in [3.8, 4) is 0 Å². The number of hydrogen-bond acceptors (Lipinski definition) is 5. The predicted molar refractivity (Wildman–Crippen MR) is 116 cm³/mol. The minimum Gasteiger partial charge on any atom is -0.383 e. The summed E-state index contributed by atoms with van der Waals surface area (Å²) in [5.41, 5.74) is 6.22. The maximum absolute atomic E-state index is 13.2. The monoisotopic (exact) mass is 406 g/mol. The Morgan fingerprint density at radius 1 is 1.21 bits per heavy atom. The topological polar surface area (TPSA) is 101 Å². The Labute approximate surface area is 169 Å². The van der Waals surface area contributed by atoms with Crippen molar-refractivity contribution >= 4 is 28.7 Å². The molecule has 2 aromatic heterocycles. The van der Waals surface area contributed by atoms with E-state index in [1.807, 2.05) is 13.0 Å². The number of aromatic nitrogens is 2. The summed E-state index contributed by atoms with van der Waals surface area (Å²) in [5.74, 6) is -0.221. The average molecular weight is 407 g/mol. The zero-order valence-corrected chi connectivity index (χ0v) is 17.9. The normalized spacial score (nSPS) is 11.0. The number of anilines is 2. The first-order valence-corrected chi connectivity index (χ1v) is 10.8. The molecule has 2 aromatic rings. The molecule has 3 N–H and O–H groups in total. The molecule has 0 aliphatic heterocycles. The van der Waals surface area contributed by atoms with Gasteiger partial charge in [-0.1, -0.05) is 33.6 Å². The molecule has 8 heteroatoms. The van der Waals surface area contributed by atoms with Crippen LogP contribution in [0.1, 0.15) is 67.1 Å². The van der Waals surface area contributed by atoms with E-state index in [4.69, 9.17) is 5.73 Å². The second-order valence-electron chi connectivity index (χ2n) is 6.71. The summed E-state index contributed by atoms with van der Waals surface area (Å²) in [6.07, 6.45) is 4.42. The third kappa shape index (κ3) is 4.38. The molecule has 1 amide bonds. The molecule has 0 aliphatic carbocycles. The van der Waals surface area contributed by atoms with Crippen molar-refractivity contribution in [3.63, 3.8) is 0 Å². The van der Waals surface area contributed by atoms with Gasteiger partial charge in [-0.2, -0.15) is 0 Å². The lowest BCUT2D eigenvalue weighted by Crippen LogP contribution is -2.41. The maximum Gasteiger partial charge on any atom is 0.330 e. The van der Waals surface area contributed by atoms with Gasteiger partial charge in [-0.25, -0.2) is 4.79 Å². The highest BCUT2D eigenvalue weighted by atomic mass is 32.1. The second-order valence-corrected chi connectivity index (χ2v) is 7.85. The molecule has 0 spiro atoms. The Balaban J connectivity index is 2.52. The highest BCUT2D eigenvalue weighted by Crippen LogP contribution is 2.28. The van der Waals surface area contributed by atoms with Crippen LogP contribution in [0.5, 0.6) is 0 Å². The Morgan fingerprint density at radius 3 is 2.50 bits per heavy atom. The van der Waals surface area contributed by atoms with E-state index in [1.54, 1.807) is 6.92 Å². The molecule has 28 heavy (non-hydrogen) atoms. The van der Waals surface area contributed by atoms with E-state index in [0.29, 0.717) is 11.4 Å². The number of nitrogen functional groups attached to an aromatic ring is 1. The van der Waals surface area contributed by atoms with Crippen molar-refractivity contribution in [1.82, 2.24) is 9.55 Å². The molecule has 0 saturated carbocycles. The predicted octanol–water partition coefficient (Wildman–Crippen LogP) is 3.16. The molecular formula is C20H30N4O3S. The number of nitrogens with zero attached hydrogens (tertiary/aromatic N) is 2. The molecular weight excluding hydrogens is 376 g/mol. The summed E-state index contributed by atoms with van der Waals surface area (Å²) < 4.78 is 1.34. The number of amides is 1.